The molecule has 2 aromatic rings. The molecule has 7 heteroatoms. The van der Waals surface area contributed by atoms with Crippen LogP contribution in [0.5, 0.6) is 5.75 Å². The molecule has 140 valence electrons. The number of benzene rings is 2. The third kappa shape index (κ3) is 6.29. The molecule has 0 atom stereocenters. The molecular formula is C19H24ClN3O3. The number of hydrogen-bond donors (Lipinski definition) is 2. The Kier molecular flexibility index (Phi) is 8.45. The second kappa shape index (κ2) is 10.3. The Balaban J connectivity index is 0.00000338. The zero-order chi connectivity index (χ0) is 18.2. The highest BCUT2D eigenvalue weighted by molar-refractivity contribution is 5.94. The second-order valence-corrected chi connectivity index (χ2v) is 5.68. The normalized spacial score (nSPS) is 9.77. The second-order valence-electron chi connectivity index (χ2n) is 5.68. The molecule has 0 bridgehead atoms. The number of nitrogens with two attached hydrogens (primary N) is 1. The molecule has 0 aliphatic heterocycles. The van der Waals surface area contributed by atoms with Crippen molar-refractivity contribution in [2.45, 2.75) is 19.9 Å². The number of rotatable bonds is 7. The molecule has 2 amide bonds. The van der Waals surface area contributed by atoms with Crippen LogP contribution < -0.4 is 15.8 Å². The van der Waals surface area contributed by atoms with Gasteiger partial charge in [0.05, 0.1) is 18.5 Å². The van der Waals surface area contributed by atoms with Crippen molar-refractivity contribution in [3.63, 3.8) is 0 Å². The zero-order valence-electron chi connectivity index (χ0n) is 14.9. The topological polar surface area (TPSA) is 84.7 Å². The number of halogens is 1. The monoisotopic (exact) mass is 377 g/mol. The van der Waals surface area contributed by atoms with E-state index in [1.807, 2.05) is 30.3 Å². The highest BCUT2D eigenvalue weighted by Gasteiger charge is 2.13. The molecule has 6 nitrogen and oxygen atoms in total. The molecule has 2 rings (SSSR count). The SMILES string of the molecule is COc1ccc(N)c(NC(=O)CCN(Cc2ccccc2)C(C)=O)c1.Cl. The van der Waals surface area contributed by atoms with Crippen molar-refractivity contribution in [3.05, 3.63) is 54.1 Å². The van der Waals surface area contributed by atoms with Crippen LogP contribution in [0.25, 0.3) is 0 Å². The van der Waals surface area contributed by atoms with Gasteiger partial charge in [-0.15, -0.1) is 12.4 Å². The number of hydrogen-bond acceptors (Lipinski definition) is 4. The number of nitrogens with one attached hydrogen (secondary N) is 1. The largest absolute Gasteiger partial charge is 0.497 e. The molecular weight excluding hydrogens is 354 g/mol. The molecule has 0 fully saturated rings. The molecule has 0 unspecified atom stereocenters. The number of methoxy groups -OCH3 is 1. The Bertz CT molecular complexity index is 738. The van der Waals surface area contributed by atoms with Crippen LogP contribution >= 0.6 is 12.4 Å². The van der Waals surface area contributed by atoms with Crippen molar-refractivity contribution in [1.82, 2.24) is 4.90 Å². The molecule has 0 spiro atoms. The van der Waals surface area contributed by atoms with Gasteiger partial charge in [-0.25, -0.2) is 0 Å². The van der Waals surface area contributed by atoms with Crippen LogP contribution in [0.2, 0.25) is 0 Å². The van der Waals surface area contributed by atoms with Crippen molar-refractivity contribution in [2.24, 2.45) is 0 Å². The Labute approximate surface area is 159 Å². The van der Waals surface area contributed by atoms with E-state index in [0.717, 1.165) is 5.56 Å². The van der Waals surface area contributed by atoms with Gasteiger partial charge in [-0.05, 0) is 17.7 Å². The predicted octanol–water partition coefficient (Wildman–Crippen LogP) is 3.08. The maximum absolute atomic E-state index is 12.2. The van der Waals surface area contributed by atoms with Gasteiger partial charge in [0.15, 0.2) is 0 Å². The van der Waals surface area contributed by atoms with Crippen LogP contribution in [-0.2, 0) is 16.1 Å². The molecule has 0 aromatic heterocycles. The lowest BCUT2D eigenvalue weighted by molar-refractivity contribution is -0.129. The van der Waals surface area contributed by atoms with Crippen molar-refractivity contribution < 1.29 is 14.3 Å². The number of carbonyl (C=O) groups excluding carboxylic acids is 2. The number of anilines is 2. The van der Waals surface area contributed by atoms with E-state index >= 15 is 0 Å². The average molecular weight is 378 g/mol. The summed E-state index contributed by atoms with van der Waals surface area (Å²) >= 11 is 0. The Hall–Kier alpha value is -2.73. The number of carbonyl (C=O) groups is 2. The Morgan fingerprint density at radius 3 is 2.46 bits per heavy atom. The van der Waals surface area contributed by atoms with Crippen LogP contribution in [0.4, 0.5) is 11.4 Å². The van der Waals surface area contributed by atoms with Gasteiger partial charge >= 0.3 is 0 Å². The quantitative estimate of drug-likeness (QED) is 0.726. The van der Waals surface area contributed by atoms with Crippen molar-refractivity contribution in [2.75, 3.05) is 24.7 Å². The van der Waals surface area contributed by atoms with Crippen molar-refractivity contribution in [3.8, 4) is 5.75 Å². The van der Waals surface area contributed by atoms with Gasteiger partial charge < -0.3 is 20.7 Å². The molecule has 3 N–H and O–H groups in total. The summed E-state index contributed by atoms with van der Waals surface area (Å²) < 4.78 is 5.13. The van der Waals surface area contributed by atoms with E-state index in [1.54, 1.807) is 30.2 Å². The van der Waals surface area contributed by atoms with Gasteiger partial charge in [0.1, 0.15) is 5.75 Å². The van der Waals surface area contributed by atoms with E-state index in [2.05, 4.69) is 5.32 Å². The highest BCUT2D eigenvalue weighted by Crippen LogP contribution is 2.24. The van der Waals surface area contributed by atoms with E-state index in [9.17, 15) is 9.59 Å². The lowest BCUT2D eigenvalue weighted by Crippen LogP contribution is -2.31. The Morgan fingerprint density at radius 2 is 1.85 bits per heavy atom. The summed E-state index contributed by atoms with van der Waals surface area (Å²) in [7, 11) is 1.55. The van der Waals surface area contributed by atoms with Crippen molar-refractivity contribution >= 4 is 35.6 Å². The zero-order valence-corrected chi connectivity index (χ0v) is 15.7. The van der Waals surface area contributed by atoms with Gasteiger partial charge in [-0.2, -0.15) is 0 Å². The molecule has 0 heterocycles. The summed E-state index contributed by atoms with van der Waals surface area (Å²) in [6.45, 7) is 2.31. The molecule has 0 aliphatic carbocycles. The first-order valence-corrected chi connectivity index (χ1v) is 8.02. The lowest BCUT2D eigenvalue weighted by atomic mass is 10.2. The summed E-state index contributed by atoms with van der Waals surface area (Å²) in [5.74, 6) is 0.329. The number of nitrogen functional groups attached to an aromatic ring is 1. The molecule has 0 radical (unpaired) electrons. The minimum atomic E-state index is -0.209. The summed E-state index contributed by atoms with van der Waals surface area (Å²) in [6.07, 6.45) is 0.184. The minimum Gasteiger partial charge on any atom is -0.497 e. The summed E-state index contributed by atoms with van der Waals surface area (Å²) in [6, 6.07) is 14.7. The Morgan fingerprint density at radius 1 is 1.15 bits per heavy atom. The van der Waals surface area contributed by atoms with Crippen LogP contribution in [0.3, 0.4) is 0 Å². The maximum atomic E-state index is 12.2. The molecule has 0 aliphatic rings. The molecule has 2 aromatic carbocycles. The van der Waals surface area contributed by atoms with Crippen LogP contribution in [0, 0.1) is 0 Å². The standard InChI is InChI=1S/C19H23N3O3.ClH/c1-14(23)22(13-15-6-4-3-5-7-15)11-10-19(24)21-18-12-16(25-2)8-9-17(18)20;/h3-9,12H,10-11,13,20H2,1-2H3,(H,21,24);1H. The number of amides is 2. The predicted molar refractivity (Wildman–Crippen MR) is 105 cm³/mol. The smallest absolute Gasteiger partial charge is 0.226 e. The fourth-order valence-electron chi connectivity index (χ4n) is 2.37. The van der Waals surface area contributed by atoms with Crippen LogP contribution in [0.1, 0.15) is 18.9 Å². The van der Waals surface area contributed by atoms with Gasteiger partial charge in [0, 0.05) is 32.5 Å². The summed E-state index contributed by atoms with van der Waals surface area (Å²) in [4.78, 5) is 25.7. The van der Waals surface area contributed by atoms with Crippen molar-refractivity contribution in [1.29, 1.82) is 0 Å². The highest BCUT2D eigenvalue weighted by atomic mass is 35.5. The first-order chi connectivity index (χ1) is 12.0. The van der Waals surface area contributed by atoms with Gasteiger partial charge in [0.25, 0.3) is 0 Å². The minimum absolute atomic E-state index is 0. The number of nitrogens with zero attached hydrogens (tertiary/aromatic N) is 1. The van der Waals surface area contributed by atoms with E-state index < -0.39 is 0 Å². The van der Waals surface area contributed by atoms with Gasteiger partial charge in [-0.1, -0.05) is 30.3 Å². The molecule has 0 saturated heterocycles. The molecule has 0 saturated carbocycles. The average Bonchev–Trinajstić information content (AvgIpc) is 2.61. The van der Waals surface area contributed by atoms with Crippen LogP contribution in [-0.4, -0.2) is 30.4 Å². The summed E-state index contributed by atoms with van der Waals surface area (Å²) in [5, 5.41) is 2.76. The fourth-order valence-corrected chi connectivity index (χ4v) is 2.37. The van der Waals surface area contributed by atoms with E-state index in [4.69, 9.17) is 10.5 Å². The van der Waals surface area contributed by atoms with E-state index in [1.165, 1.54) is 6.92 Å². The van der Waals surface area contributed by atoms with Gasteiger partial charge in [-0.3, -0.25) is 9.59 Å². The maximum Gasteiger partial charge on any atom is 0.226 e. The first-order valence-electron chi connectivity index (χ1n) is 8.02. The number of ether oxygens (including phenoxy) is 1. The third-order valence-electron chi connectivity index (χ3n) is 3.80. The van der Waals surface area contributed by atoms with E-state index in [-0.39, 0.29) is 30.6 Å². The first kappa shape index (κ1) is 21.3. The summed E-state index contributed by atoms with van der Waals surface area (Å²) in [5.41, 5.74) is 7.85. The van der Waals surface area contributed by atoms with Gasteiger partial charge in [0.2, 0.25) is 11.8 Å². The van der Waals surface area contributed by atoms with E-state index in [0.29, 0.717) is 30.2 Å². The molecule has 26 heavy (non-hydrogen) atoms. The fraction of sp³-hybridized carbons (Fsp3) is 0.263. The third-order valence-corrected chi connectivity index (χ3v) is 3.80. The lowest BCUT2D eigenvalue weighted by Gasteiger charge is -2.21. The van der Waals surface area contributed by atoms with Crippen LogP contribution in [0.15, 0.2) is 48.5 Å².